The molecule has 2 nitrogen and oxygen atoms in total. The average Bonchev–Trinajstić information content (AvgIpc) is 3.09. The maximum absolute atomic E-state index is 5.84. The third kappa shape index (κ3) is 3.09. The van der Waals surface area contributed by atoms with E-state index in [2.05, 4.69) is 43.3 Å². The monoisotopic (exact) mass is 318 g/mol. The predicted molar refractivity (Wildman–Crippen MR) is 98.4 cm³/mol. The van der Waals surface area contributed by atoms with E-state index in [1.165, 1.54) is 34.9 Å². The van der Waals surface area contributed by atoms with E-state index in [0.29, 0.717) is 5.92 Å². The summed E-state index contributed by atoms with van der Waals surface area (Å²) >= 11 is 0. The van der Waals surface area contributed by atoms with E-state index in [-0.39, 0.29) is 0 Å². The summed E-state index contributed by atoms with van der Waals surface area (Å²) < 4.78 is 11.3. The zero-order valence-electron chi connectivity index (χ0n) is 14.0. The lowest BCUT2D eigenvalue weighted by molar-refractivity contribution is 0.341. The molecule has 4 rings (SSSR count). The zero-order valence-corrected chi connectivity index (χ0v) is 14.0. The Kier molecular flexibility index (Phi) is 4.12. The third-order valence-corrected chi connectivity index (χ3v) is 4.87. The van der Waals surface area contributed by atoms with Crippen LogP contribution in [0.15, 0.2) is 64.8 Å². The van der Waals surface area contributed by atoms with Crippen molar-refractivity contribution in [2.75, 3.05) is 6.61 Å². The Labute approximate surface area is 142 Å². The van der Waals surface area contributed by atoms with E-state index in [1.54, 1.807) is 6.26 Å². The molecule has 0 spiro atoms. The minimum Gasteiger partial charge on any atom is -0.489 e. The lowest BCUT2D eigenvalue weighted by Gasteiger charge is -2.18. The first kappa shape index (κ1) is 15.1. The van der Waals surface area contributed by atoms with Crippen LogP contribution in [0.3, 0.4) is 0 Å². The van der Waals surface area contributed by atoms with Crippen molar-refractivity contribution < 1.29 is 9.15 Å². The number of furan rings is 1. The first-order valence-electron chi connectivity index (χ1n) is 8.68. The Morgan fingerprint density at radius 2 is 2.00 bits per heavy atom. The topological polar surface area (TPSA) is 22.4 Å². The van der Waals surface area contributed by atoms with Crippen LogP contribution in [0.2, 0.25) is 0 Å². The van der Waals surface area contributed by atoms with E-state index in [0.717, 1.165) is 24.4 Å². The van der Waals surface area contributed by atoms with Gasteiger partial charge < -0.3 is 9.15 Å². The zero-order chi connectivity index (χ0) is 16.4. The van der Waals surface area contributed by atoms with Gasteiger partial charge in [0.15, 0.2) is 0 Å². The third-order valence-electron chi connectivity index (χ3n) is 4.87. The van der Waals surface area contributed by atoms with E-state index >= 15 is 0 Å². The average molecular weight is 318 g/mol. The SMILES string of the molecule is CC(CCCC1=Cc2ccccc2OC1)c1ccc2occc2c1. The number of ether oxygens (including phenoxy) is 1. The summed E-state index contributed by atoms with van der Waals surface area (Å²) in [5, 5.41) is 1.19. The lowest BCUT2D eigenvalue weighted by atomic mass is 9.93. The molecule has 0 amide bonds. The van der Waals surface area contributed by atoms with Crippen LogP contribution >= 0.6 is 0 Å². The van der Waals surface area contributed by atoms with Crippen LogP contribution in [-0.2, 0) is 0 Å². The van der Waals surface area contributed by atoms with Gasteiger partial charge in [-0.15, -0.1) is 0 Å². The van der Waals surface area contributed by atoms with Gasteiger partial charge in [-0.25, -0.2) is 0 Å². The van der Waals surface area contributed by atoms with Crippen LogP contribution in [0, 0.1) is 0 Å². The van der Waals surface area contributed by atoms with Gasteiger partial charge in [-0.3, -0.25) is 0 Å². The van der Waals surface area contributed by atoms with Crippen molar-refractivity contribution in [3.05, 3.63) is 71.5 Å². The molecule has 1 aliphatic heterocycles. The van der Waals surface area contributed by atoms with Gasteiger partial charge in [0.25, 0.3) is 0 Å². The molecule has 0 fully saturated rings. The molecular weight excluding hydrogens is 296 g/mol. The number of benzene rings is 2. The molecule has 0 saturated heterocycles. The second kappa shape index (κ2) is 6.56. The van der Waals surface area contributed by atoms with Gasteiger partial charge in [-0.1, -0.05) is 31.2 Å². The quantitative estimate of drug-likeness (QED) is 0.560. The van der Waals surface area contributed by atoms with Gasteiger partial charge in [0.2, 0.25) is 0 Å². The minimum atomic E-state index is 0.557. The largest absolute Gasteiger partial charge is 0.489 e. The number of para-hydroxylation sites is 1. The smallest absolute Gasteiger partial charge is 0.133 e. The molecule has 3 aromatic rings. The van der Waals surface area contributed by atoms with Crippen molar-refractivity contribution in [3.63, 3.8) is 0 Å². The normalized spacial score (nSPS) is 14.8. The molecule has 1 aromatic heterocycles. The minimum absolute atomic E-state index is 0.557. The lowest BCUT2D eigenvalue weighted by Crippen LogP contribution is -2.07. The summed E-state index contributed by atoms with van der Waals surface area (Å²) in [5.41, 5.74) is 4.96. The molecule has 122 valence electrons. The molecule has 2 heteroatoms. The number of hydrogen-bond acceptors (Lipinski definition) is 2. The van der Waals surface area contributed by atoms with Gasteiger partial charge >= 0.3 is 0 Å². The van der Waals surface area contributed by atoms with Gasteiger partial charge in [0.05, 0.1) is 6.26 Å². The number of fused-ring (bicyclic) bond motifs is 2. The number of hydrogen-bond donors (Lipinski definition) is 0. The fourth-order valence-corrected chi connectivity index (χ4v) is 3.40. The fraction of sp³-hybridized carbons (Fsp3) is 0.273. The van der Waals surface area contributed by atoms with Crippen LogP contribution < -0.4 is 4.74 Å². The Bertz CT molecular complexity index is 872. The Morgan fingerprint density at radius 3 is 2.96 bits per heavy atom. The van der Waals surface area contributed by atoms with Crippen molar-refractivity contribution in [2.45, 2.75) is 32.1 Å². The maximum atomic E-state index is 5.84. The Hall–Kier alpha value is -2.48. The van der Waals surface area contributed by atoms with Gasteiger partial charge in [-0.05, 0) is 66.7 Å². The molecule has 2 heterocycles. The first-order chi connectivity index (χ1) is 11.8. The molecule has 0 N–H and O–H groups in total. The molecule has 0 aliphatic carbocycles. The van der Waals surface area contributed by atoms with Gasteiger partial charge in [0.1, 0.15) is 17.9 Å². The van der Waals surface area contributed by atoms with E-state index in [9.17, 15) is 0 Å². The van der Waals surface area contributed by atoms with Gasteiger partial charge in [0, 0.05) is 10.9 Å². The maximum Gasteiger partial charge on any atom is 0.133 e. The molecule has 0 saturated carbocycles. The van der Waals surface area contributed by atoms with Crippen LogP contribution in [0.5, 0.6) is 5.75 Å². The fourth-order valence-electron chi connectivity index (χ4n) is 3.40. The standard InChI is InChI=1S/C22H22O2/c1-16(18-9-10-22-20(14-18)11-12-23-22)5-4-6-17-13-19-7-2-3-8-21(19)24-15-17/h2-3,7-14,16H,4-6,15H2,1H3. The molecule has 0 bridgehead atoms. The highest BCUT2D eigenvalue weighted by molar-refractivity contribution is 5.77. The Balaban J connectivity index is 1.36. The van der Waals surface area contributed by atoms with E-state index < -0.39 is 0 Å². The van der Waals surface area contributed by atoms with Crippen molar-refractivity contribution >= 4 is 17.0 Å². The van der Waals surface area contributed by atoms with E-state index in [4.69, 9.17) is 9.15 Å². The molecule has 1 unspecified atom stereocenters. The van der Waals surface area contributed by atoms with Crippen molar-refractivity contribution in [3.8, 4) is 5.75 Å². The van der Waals surface area contributed by atoms with Crippen LogP contribution in [0.4, 0.5) is 0 Å². The van der Waals surface area contributed by atoms with E-state index in [1.807, 2.05) is 18.2 Å². The summed E-state index contributed by atoms with van der Waals surface area (Å²) in [5.74, 6) is 1.56. The molecule has 1 atom stereocenters. The highest BCUT2D eigenvalue weighted by Crippen LogP contribution is 2.30. The predicted octanol–water partition coefficient (Wildman–Crippen LogP) is 6.18. The summed E-state index contributed by atoms with van der Waals surface area (Å²) in [6.45, 7) is 3.04. The molecule has 1 aliphatic rings. The van der Waals surface area contributed by atoms with Crippen LogP contribution in [0.1, 0.15) is 43.2 Å². The molecular formula is C22H22O2. The second-order valence-electron chi connectivity index (χ2n) is 6.64. The molecule has 2 aromatic carbocycles. The highest BCUT2D eigenvalue weighted by atomic mass is 16.5. The van der Waals surface area contributed by atoms with Crippen LogP contribution in [-0.4, -0.2) is 6.61 Å². The van der Waals surface area contributed by atoms with Crippen molar-refractivity contribution in [1.82, 2.24) is 0 Å². The van der Waals surface area contributed by atoms with Crippen molar-refractivity contribution in [1.29, 1.82) is 0 Å². The number of rotatable bonds is 5. The summed E-state index contributed by atoms with van der Waals surface area (Å²) in [7, 11) is 0. The summed E-state index contributed by atoms with van der Waals surface area (Å²) in [4.78, 5) is 0. The molecule has 0 radical (unpaired) electrons. The van der Waals surface area contributed by atoms with Crippen LogP contribution in [0.25, 0.3) is 17.0 Å². The summed E-state index contributed by atoms with van der Waals surface area (Å²) in [6.07, 6.45) is 7.52. The Morgan fingerprint density at radius 1 is 1.08 bits per heavy atom. The van der Waals surface area contributed by atoms with Crippen molar-refractivity contribution in [2.24, 2.45) is 0 Å². The molecule has 24 heavy (non-hydrogen) atoms. The highest BCUT2D eigenvalue weighted by Gasteiger charge is 2.12. The van der Waals surface area contributed by atoms with Gasteiger partial charge in [-0.2, -0.15) is 0 Å². The first-order valence-corrected chi connectivity index (χ1v) is 8.68. The second-order valence-corrected chi connectivity index (χ2v) is 6.64. The summed E-state index contributed by atoms with van der Waals surface area (Å²) in [6, 6.07) is 16.8.